The lowest BCUT2D eigenvalue weighted by atomic mass is 10.0. The topological polar surface area (TPSA) is 103 Å². The Bertz CT molecular complexity index is 1770. The lowest BCUT2D eigenvalue weighted by molar-refractivity contribution is -0.0407. The molecule has 1 amide bonds. The van der Waals surface area contributed by atoms with Crippen molar-refractivity contribution in [3.05, 3.63) is 76.0 Å². The second-order valence-corrected chi connectivity index (χ2v) is 10.3. The molecule has 39 heavy (non-hydrogen) atoms. The summed E-state index contributed by atoms with van der Waals surface area (Å²) >= 11 is 0. The number of aryl methyl sites for hydroxylation is 3. The quantitative estimate of drug-likeness (QED) is 0.321. The summed E-state index contributed by atoms with van der Waals surface area (Å²) in [4.78, 5) is 28.7. The molecule has 2 N–H and O–H groups in total. The van der Waals surface area contributed by atoms with Gasteiger partial charge in [0.2, 0.25) is 0 Å². The van der Waals surface area contributed by atoms with Crippen LogP contribution in [0.1, 0.15) is 28.5 Å². The lowest BCUT2D eigenvalue weighted by Crippen LogP contribution is -2.31. The Morgan fingerprint density at radius 1 is 1.15 bits per heavy atom. The highest BCUT2D eigenvalue weighted by Gasteiger charge is 2.22. The predicted octanol–water partition coefficient (Wildman–Crippen LogP) is 4.69. The van der Waals surface area contributed by atoms with Gasteiger partial charge in [0.05, 0.1) is 18.7 Å². The first kappa shape index (κ1) is 24.9. The summed E-state index contributed by atoms with van der Waals surface area (Å²) in [6.45, 7) is 8.67. The highest BCUT2D eigenvalue weighted by atomic mass is 16.5. The van der Waals surface area contributed by atoms with Gasteiger partial charge in [0.1, 0.15) is 22.7 Å². The zero-order chi connectivity index (χ0) is 27.3. The molecule has 4 heterocycles. The number of nitrogens with zero attached hydrogens (tertiary/aromatic N) is 3. The normalized spacial score (nSPS) is 13.6. The zero-order valence-corrected chi connectivity index (χ0v) is 22.5. The van der Waals surface area contributed by atoms with Crippen molar-refractivity contribution in [3.63, 3.8) is 0 Å². The minimum atomic E-state index is -0.261. The molecule has 0 aliphatic carbocycles. The Morgan fingerprint density at radius 2 is 1.92 bits per heavy atom. The predicted molar refractivity (Wildman–Crippen MR) is 151 cm³/mol. The van der Waals surface area contributed by atoms with Gasteiger partial charge in [-0.3, -0.25) is 14.3 Å². The minimum absolute atomic E-state index is 0.213. The van der Waals surface area contributed by atoms with Crippen molar-refractivity contribution in [1.29, 1.82) is 0 Å². The number of carbonyl (C=O) groups excluding carboxylic acids is 1. The monoisotopic (exact) mass is 525 g/mol. The molecule has 2 aromatic carbocycles. The molecule has 0 spiro atoms. The molecule has 0 radical (unpaired) electrons. The molecule has 1 saturated heterocycles. The molecule has 6 rings (SSSR count). The molecule has 0 bridgehead atoms. The van der Waals surface area contributed by atoms with Crippen molar-refractivity contribution in [2.45, 2.75) is 27.3 Å². The smallest absolute Gasteiger partial charge is 0.274 e. The molecular weight excluding hydrogens is 494 g/mol. The SMILES string of the molecule is CCNC(=O)c1cc2c(-c3cc4nn(CC5COC5)cc4cc3Oc3c(C)cccc3C)cn(C)c(=O)c2[nH]1. The lowest BCUT2D eigenvalue weighted by Gasteiger charge is -2.25. The third kappa shape index (κ3) is 4.48. The fourth-order valence-electron chi connectivity index (χ4n) is 5.14. The van der Waals surface area contributed by atoms with Crippen molar-refractivity contribution in [2.24, 2.45) is 13.0 Å². The fourth-order valence-corrected chi connectivity index (χ4v) is 5.14. The van der Waals surface area contributed by atoms with Crippen molar-refractivity contribution in [3.8, 4) is 22.6 Å². The van der Waals surface area contributed by atoms with Crippen molar-refractivity contribution >= 4 is 27.7 Å². The van der Waals surface area contributed by atoms with Gasteiger partial charge in [-0.25, -0.2) is 0 Å². The number of fused-ring (bicyclic) bond motifs is 2. The highest BCUT2D eigenvalue weighted by molar-refractivity contribution is 6.04. The highest BCUT2D eigenvalue weighted by Crippen LogP contribution is 2.41. The molecule has 9 nitrogen and oxygen atoms in total. The second kappa shape index (κ2) is 9.74. The van der Waals surface area contributed by atoms with E-state index in [0.717, 1.165) is 58.7 Å². The Morgan fingerprint density at radius 3 is 2.62 bits per heavy atom. The number of H-pyrrole nitrogens is 1. The Labute approximate surface area is 225 Å². The average molecular weight is 526 g/mol. The Balaban J connectivity index is 1.57. The molecule has 0 unspecified atom stereocenters. The van der Waals surface area contributed by atoms with E-state index in [4.69, 9.17) is 14.6 Å². The van der Waals surface area contributed by atoms with Gasteiger partial charge < -0.3 is 24.3 Å². The molecule has 200 valence electrons. The summed E-state index contributed by atoms with van der Waals surface area (Å²) < 4.78 is 15.5. The average Bonchev–Trinajstić information content (AvgIpc) is 3.50. The number of amides is 1. The fraction of sp³-hybridized carbons (Fsp3) is 0.300. The van der Waals surface area contributed by atoms with Gasteiger partial charge in [-0.2, -0.15) is 5.10 Å². The van der Waals surface area contributed by atoms with Gasteiger partial charge in [-0.05, 0) is 50.1 Å². The molecule has 1 aliphatic rings. The number of carbonyl (C=O) groups is 1. The summed E-state index contributed by atoms with van der Waals surface area (Å²) in [7, 11) is 1.71. The first-order valence-corrected chi connectivity index (χ1v) is 13.2. The third-order valence-corrected chi connectivity index (χ3v) is 7.26. The number of ether oxygens (including phenoxy) is 2. The molecular formula is C30H31N5O4. The number of aromatic amines is 1. The van der Waals surface area contributed by atoms with E-state index in [1.807, 2.05) is 62.0 Å². The Kier molecular flexibility index (Phi) is 6.23. The van der Waals surface area contributed by atoms with Gasteiger partial charge in [-0.1, -0.05) is 18.2 Å². The maximum absolute atomic E-state index is 13.1. The molecule has 9 heteroatoms. The van der Waals surface area contributed by atoms with E-state index in [0.29, 0.717) is 34.8 Å². The van der Waals surface area contributed by atoms with Crippen LogP contribution in [-0.2, 0) is 18.3 Å². The number of rotatable bonds is 7. The van der Waals surface area contributed by atoms with E-state index in [-0.39, 0.29) is 11.5 Å². The summed E-state index contributed by atoms with van der Waals surface area (Å²) in [5.41, 5.74) is 4.90. The molecule has 5 aromatic rings. The second-order valence-electron chi connectivity index (χ2n) is 10.3. The van der Waals surface area contributed by atoms with Crippen molar-refractivity contribution < 1.29 is 14.3 Å². The van der Waals surface area contributed by atoms with Crippen LogP contribution < -0.4 is 15.6 Å². The van der Waals surface area contributed by atoms with Gasteiger partial charge in [-0.15, -0.1) is 0 Å². The summed E-state index contributed by atoms with van der Waals surface area (Å²) in [5, 5.41) is 9.25. The number of nitrogens with one attached hydrogen (secondary N) is 2. The van der Waals surface area contributed by atoms with Crippen LogP contribution in [0, 0.1) is 19.8 Å². The van der Waals surface area contributed by atoms with E-state index in [1.165, 1.54) is 4.57 Å². The summed E-state index contributed by atoms with van der Waals surface area (Å²) in [6.07, 6.45) is 3.83. The van der Waals surface area contributed by atoms with E-state index >= 15 is 0 Å². The minimum Gasteiger partial charge on any atom is -0.456 e. The number of pyridine rings is 1. The summed E-state index contributed by atoms with van der Waals surface area (Å²) in [5.74, 6) is 1.63. The van der Waals surface area contributed by atoms with Crippen molar-refractivity contribution in [2.75, 3.05) is 19.8 Å². The molecule has 1 aliphatic heterocycles. The number of hydrogen-bond donors (Lipinski definition) is 2. The summed E-state index contributed by atoms with van der Waals surface area (Å²) in [6, 6.07) is 11.8. The van der Waals surface area contributed by atoms with Crippen molar-refractivity contribution in [1.82, 2.24) is 24.6 Å². The van der Waals surface area contributed by atoms with Gasteiger partial charge >= 0.3 is 0 Å². The number of benzene rings is 2. The van der Waals surface area contributed by atoms with E-state index in [9.17, 15) is 9.59 Å². The van der Waals surface area contributed by atoms with E-state index < -0.39 is 0 Å². The maximum Gasteiger partial charge on any atom is 0.274 e. The third-order valence-electron chi connectivity index (χ3n) is 7.26. The van der Waals surface area contributed by atoms with Crippen LogP contribution >= 0.6 is 0 Å². The molecule has 3 aromatic heterocycles. The standard InChI is InChI=1S/C30H31N5O4/c1-5-31-29(36)25-11-22-23(14-34(4)30(37)27(22)32-25)21-10-24-20(13-35(33-24)12-19-15-38-16-19)9-26(21)39-28-17(2)7-6-8-18(28)3/h6-11,13-14,19,32H,5,12,15-16H2,1-4H3,(H,31,36). The van der Waals surface area contributed by atoms with Gasteiger partial charge in [0.15, 0.2) is 0 Å². The maximum atomic E-state index is 13.1. The van der Waals surface area contributed by atoms with E-state index in [2.05, 4.69) is 10.3 Å². The van der Waals surface area contributed by atoms with Crippen LogP contribution in [0.3, 0.4) is 0 Å². The van der Waals surface area contributed by atoms with Gasteiger partial charge in [0.25, 0.3) is 11.5 Å². The van der Waals surface area contributed by atoms with Crippen LogP contribution in [-0.4, -0.2) is 45.0 Å². The zero-order valence-electron chi connectivity index (χ0n) is 22.5. The Hall–Kier alpha value is -4.37. The molecule has 0 saturated carbocycles. The van der Waals surface area contributed by atoms with E-state index in [1.54, 1.807) is 19.3 Å². The molecule has 1 fully saturated rings. The molecule has 0 atom stereocenters. The van der Waals surface area contributed by atoms with Crippen LogP contribution in [0.4, 0.5) is 0 Å². The number of aromatic nitrogens is 4. The largest absolute Gasteiger partial charge is 0.456 e. The van der Waals surface area contributed by atoms with Gasteiger partial charge in [0, 0.05) is 60.3 Å². The first-order chi connectivity index (χ1) is 18.8. The van der Waals surface area contributed by atoms with Crippen LogP contribution in [0.2, 0.25) is 0 Å². The first-order valence-electron chi connectivity index (χ1n) is 13.2. The van der Waals surface area contributed by atoms with Crippen LogP contribution in [0.25, 0.3) is 32.9 Å². The van der Waals surface area contributed by atoms with Crippen LogP contribution in [0.5, 0.6) is 11.5 Å². The van der Waals surface area contributed by atoms with Crippen LogP contribution in [0.15, 0.2) is 53.6 Å². The number of para-hydroxylation sites is 1. The number of hydrogen-bond acceptors (Lipinski definition) is 5.